The molecule has 4 rings (SSSR count). The predicted octanol–water partition coefficient (Wildman–Crippen LogP) is 4.43. The topological polar surface area (TPSA) is 141 Å². The number of aromatic carboxylic acids is 1. The number of nitrogens with zero attached hydrogens (tertiary/aromatic N) is 1. The molecule has 0 spiro atoms. The van der Waals surface area contributed by atoms with Gasteiger partial charge in [0.1, 0.15) is 12.2 Å². The molecule has 1 fully saturated rings. The van der Waals surface area contributed by atoms with E-state index in [0.717, 1.165) is 16.9 Å². The maximum absolute atomic E-state index is 13.3. The molecule has 0 aliphatic carbocycles. The standard InChI is InChI=1S/C31H30N2O9/c1-4-13-41-24-12-8-21(16-27(24)40-3)17-33-29(35)23(28(34)32-31(33)38)14-20-7-11-25(26(15-20)39-2)42-18-19-5-9-22(10-6-19)30(36)37/h5-12,14-16H,4,13,17-18H2,1-3H3,(H,36,37)(H,32,34,38)/b23-14+. The minimum Gasteiger partial charge on any atom is -0.493 e. The van der Waals surface area contributed by atoms with Crippen LogP contribution in [0, 0.1) is 0 Å². The van der Waals surface area contributed by atoms with E-state index in [2.05, 4.69) is 5.32 Å². The van der Waals surface area contributed by atoms with Crippen LogP contribution in [0.4, 0.5) is 4.79 Å². The minimum atomic E-state index is -1.02. The van der Waals surface area contributed by atoms with E-state index in [1.807, 2.05) is 6.92 Å². The summed E-state index contributed by atoms with van der Waals surface area (Å²) in [4.78, 5) is 50.5. The van der Waals surface area contributed by atoms with Gasteiger partial charge in [0.25, 0.3) is 11.8 Å². The molecule has 1 heterocycles. The molecule has 1 aliphatic heterocycles. The fourth-order valence-corrected chi connectivity index (χ4v) is 4.13. The molecule has 3 aromatic rings. The van der Waals surface area contributed by atoms with Gasteiger partial charge in [0.05, 0.1) is 32.9 Å². The number of benzene rings is 3. The average Bonchev–Trinajstić information content (AvgIpc) is 2.99. The van der Waals surface area contributed by atoms with Crippen molar-refractivity contribution in [2.75, 3.05) is 20.8 Å². The number of rotatable bonds is 12. The Hall–Kier alpha value is -5.32. The zero-order valence-corrected chi connectivity index (χ0v) is 23.3. The lowest BCUT2D eigenvalue weighted by Gasteiger charge is -2.26. The van der Waals surface area contributed by atoms with Crippen LogP contribution in [-0.4, -0.2) is 54.6 Å². The summed E-state index contributed by atoms with van der Waals surface area (Å²) >= 11 is 0. The first kappa shape index (κ1) is 29.7. The number of amides is 4. The molecule has 0 radical (unpaired) electrons. The van der Waals surface area contributed by atoms with Crippen LogP contribution in [0.25, 0.3) is 6.08 Å². The van der Waals surface area contributed by atoms with E-state index < -0.39 is 23.8 Å². The third-order valence-electron chi connectivity index (χ3n) is 6.31. The highest BCUT2D eigenvalue weighted by molar-refractivity contribution is 6.31. The SMILES string of the molecule is CCCOc1ccc(CN2C(=O)NC(=O)/C(=C\c3ccc(OCc4ccc(C(=O)O)cc4)c(OC)c3)C2=O)cc1OC. The van der Waals surface area contributed by atoms with E-state index in [9.17, 15) is 19.2 Å². The van der Waals surface area contributed by atoms with Gasteiger partial charge >= 0.3 is 12.0 Å². The molecule has 1 saturated heterocycles. The highest BCUT2D eigenvalue weighted by Crippen LogP contribution is 2.31. The molecule has 11 nitrogen and oxygen atoms in total. The smallest absolute Gasteiger partial charge is 0.335 e. The van der Waals surface area contributed by atoms with Gasteiger partial charge in [-0.1, -0.05) is 31.2 Å². The van der Waals surface area contributed by atoms with Crippen LogP contribution in [0.1, 0.15) is 40.4 Å². The summed E-state index contributed by atoms with van der Waals surface area (Å²) in [5.74, 6) is -0.822. The third kappa shape index (κ3) is 6.87. The number of hydrogen-bond donors (Lipinski definition) is 2. The van der Waals surface area contributed by atoms with E-state index in [1.54, 1.807) is 48.5 Å². The highest BCUT2D eigenvalue weighted by Gasteiger charge is 2.36. The van der Waals surface area contributed by atoms with Gasteiger partial charge in [0.2, 0.25) is 0 Å². The van der Waals surface area contributed by atoms with Crippen molar-refractivity contribution in [3.63, 3.8) is 0 Å². The monoisotopic (exact) mass is 574 g/mol. The van der Waals surface area contributed by atoms with E-state index >= 15 is 0 Å². The minimum absolute atomic E-state index is 0.0940. The number of carbonyl (C=O) groups is 4. The van der Waals surface area contributed by atoms with Crippen LogP contribution in [-0.2, 0) is 22.7 Å². The Balaban J connectivity index is 1.51. The van der Waals surface area contributed by atoms with Gasteiger partial charge in [0, 0.05) is 0 Å². The molecular weight excluding hydrogens is 544 g/mol. The maximum Gasteiger partial charge on any atom is 0.335 e. The number of carboxylic acids is 1. The number of carbonyl (C=O) groups excluding carboxylic acids is 3. The van der Waals surface area contributed by atoms with Gasteiger partial charge < -0.3 is 24.1 Å². The molecule has 0 bridgehead atoms. The van der Waals surface area contributed by atoms with Crippen molar-refractivity contribution in [3.05, 3.63) is 88.5 Å². The van der Waals surface area contributed by atoms with E-state index in [1.165, 1.54) is 32.4 Å². The van der Waals surface area contributed by atoms with Crippen LogP contribution in [0.5, 0.6) is 23.0 Å². The first-order chi connectivity index (χ1) is 20.2. The second-order valence-corrected chi connectivity index (χ2v) is 9.24. The molecule has 4 amide bonds. The van der Waals surface area contributed by atoms with Gasteiger partial charge in [-0.25, -0.2) is 9.59 Å². The Labute approximate surface area is 242 Å². The Morgan fingerprint density at radius 2 is 1.50 bits per heavy atom. The van der Waals surface area contributed by atoms with Crippen molar-refractivity contribution in [1.82, 2.24) is 10.2 Å². The summed E-state index contributed by atoms with van der Waals surface area (Å²) in [5.41, 5.74) is 1.78. The number of ether oxygens (including phenoxy) is 4. The van der Waals surface area contributed by atoms with Crippen LogP contribution in [0.3, 0.4) is 0 Å². The Morgan fingerprint density at radius 3 is 2.17 bits per heavy atom. The summed E-state index contributed by atoms with van der Waals surface area (Å²) in [6, 6.07) is 15.4. The molecular formula is C31H30N2O9. The van der Waals surface area contributed by atoms with Gasteiger partial charge in [0.15, 0.2) is 23.0 Å². The van der Waals surface area contributed by atoms with Crippen LogP contribution < -0.4 is 24.3 Å². The predicted molar refractivity (Wildman–Crippen MR) is 152 cm³/mol. The first-order valence-corrected chi connectivity index (χ1v) is 13.1. The van der Waals surface area contributed by atoms with Crippen molar-refractivity contribution >= 4 is 29.9 Å². The molecule has 0 aromatic heterocycles. The number of hydrogen-bond acceptors (Lipinski definition) is 8. The lowest BCUT2D eigenvalue weighted by atomic mass is 10.1. The molecule has 218 valence electrons. The average molecular weight is 575 g/mol. The Morgan fingerprint density at radius 1 is 0.857 bits per heavy atom. The molecule has 0 unspecified atom stereocenters. The van der Waals surface area contributed by atoms with Gasteiger partial charge in [-0.2, -0.15) is 0 Å². The van der Waals surface area contributed by atoms with Crippen molar-refractivity contribution in [2.45, 2.75) is 26.5 Å². The zero-order valence-electron chi connectivity index (χ0n) is 23.3. The van der Waals surface area contributed by atoms with Gasteiger partial charge in [-0.3, -0.25) is 19.8 Å². The van der Waals surface area contributed by atoms with E-state index in [0.29, 0.717) is 40.7 Å². The number of imide groups is 2. The number of barbiturate groups is 1. The largest absolute Gasteiger partial charge is 0.493 e. The lowest BCUT2D eigenvalue weighted by Crippen LogP contribution is -2.53. The molecule has 2 N–H and O–H groups in total. The summed E-state index contributed by atoms with van der Waals surface area (Å²) in [6.45, 7) is 2.56. The number of urea groups is 1. The number of methoxy groups -OCH3 is 2. The van der Waals surface area contributed by atoms with Crippen molar-refractivity contribution in [3.8, 4) is 23.0 Å². The zero-order chi connectivity index (χ0) is 30.2. The first-order valence-electron chi connectivity index (χ1n) is 13.1. The number of carboxylic acid groups (broad SMARTS) is 1. The molecule has 42 heavy (non-hydrogen) atoms. The van der Waals surface area contributed by atoms with Crippen LogP contribution in [0.2, 0.25) is 0 Å². The quantitative estimate of drug-likeness (QED) is 0.237. The van der Waals surface area contributed by atoms with Crippen molar-refractivity contribution < 1.29 is 43.2 Å². The fourth-order valence-electron chi connectivity index (χ4n) is 4.13. The third-order valence-corrected chi connectivity index (χ3v) is 6.31. The number of nitrogens with one attached hydrogen (secondary N) is 1. The van der Waals surface area contributed by atoms with Crippen molar-refractivity contribution in [1.29, 1.82) is 0 Å². The summed E-state index contributed by atoms with van der Waals surface area (Å²) in [6.07, 6.45) is 2.19. The maximum atomic E-state index is 13.3. The lowest BCUT2D eigenvalue weighted by molar-refractivity contribution is -0.130. The van der Waals surface area contributed by atoms with Gasteiger partial charge in [-0.05, 0) is 65.6 Å². The Kier molecular flexibility index (Phi) is 9.43. The second-order valence-electron chi connectivity index (χ2n) is 9.24. The fraction of sp³-hybridized carbons (Fsp3) is 0.226. The van der Waals surface area contributed by atoms with Gasteiger partial charge in [-0.15, -0.1) is 0 Å². The summed E-state index contributed by atoms with van der Waals surface area (Å²) in [5, 5.41) is 11.3. The summed E-state index contributed by atoms with van der Waals surface area (Å²) < 4.78 is 22.3. The van der Waals surface area contributed by atoms with Crippen LogP contribution in [0.15, 0.2) is 66.2 Å². The molecule has 1 aliphatic rings. The van der Waals surface area contributed by atoms with Crippen LogP contribution >= 0.6 is 0 Å². The molecule has 0 atom stereocenters. The molecule has 11 heteroatoms. The summed E-state index contributed by atoms with van der Waals surface area (Å²) in [7, 11) is 2.95. The molecule has 0 saturated carbocycles. The normalized spacial score (nSPS) is 14.0. The van der Waals surface area contributed by atoms with E-state index in [4.69, 9.17) is 24.1 Å². The van der Waals surface area contributed by atoms with E-state index in [-0.39, 0.29) is 24.3 Å². The molecule has 3 aromatic carbocycles. The second kappa shape index (κ2) is 13.4. The van der Waals surface area contributed by atoms with Crippen molar-refractivity contribution in [2.24, 2.45) is 0 Å². The highest BCUT2D eigenvalue weighted by atomic mass is 16.5. The Bertz CT molecular complexity index is 1530.